The number of hydrogen-bond donors (Lipinski definition) is 0. The Labute approximate surface area is 101 Å². The Balaban J connectivity index is 3.93. The molecule has 0 atom stereocenters. The standard InChI is InChI=1S/C11H14N6/c12-2-8-16(9-3-13)6-1-7-17(10-4-14)11-5-15/h1,6-11H2. The Morgan fingerprint density at radius 3 is 1.12 bits per heavy atom. The summed E-state index contributed by atoms with van der Waals surface area (Å²) in [6.45, 7) is 2.14. The van der Waals surface area contributed by atoms with E-state index in [4.69, 9.17) is 21.0 Å². The largest absolute Gasteiger partial charge is 0.277 e. The Morgan fingerprint density at radius 2 is 0.882 bits per heavy atom. The predicted molar refractivity (Wildman–Crippen MR) is 59.9 cm³/mol. The zero-order chi connectivity index (χ0) is 12.9. The van der Waals surface area contributed by atoms with Crippen molar-refractivity contribution < 1.29 is 0 Å². The molecule has 0 aliphatic rings. The fourth-order valence-electron chi connectivity index (χ4n) is 1.35. The van der Waals surface area contributed by atoms with Crippen molar-refractivity contribution in [2.45, 2.75) is 6.42 Å². The van der Waals surface area contributed by atoms with Gasteiger partial charge in [-0.3, -0.25) is 9.80 Å². The van der Waals surface area contributed by atoms with Crippen molar-refractivity contribution >= 4 is 0 Å². The van der Waals surface area contributed by atoms with Crippen LogP contribution in [-0.2, 0) is 0 Å². The number of rotatable bonds is 8. The minimum absolute atomic E-state index is 0.226. The highest BCUT2D eigenvalue weighted by Gasteiger charge is 2.06. The Hall–Kier alpha value is -2.12. The third kappa shape index (κ3) is 7.77. The van der Waals surface area contributed by atoms with Crippen LogP contribution in [0.4, 0.5) is 0 Å². The summed E-state index contributed by atoms with van der Waals surface area (Å²) < 4.78 is 0. The van der Waals surface area contributed by atoms with Gasteiger partial charge >= 0.3 is 0 Å². The maximum Gasteiger partial charge on any atom is 0.0874 e. The fraction of sp³-hybridized carbons (Fsp3) is 0.636. The Kier molecular flexibility index (Phi) is 9.10. The molecule has 0 aliphatic heterocycles. The lowest BCUT2D eigenvalue weighted by molar-refractivity contribution is 0.283. The van der Waals surface area contributed by atoms with Crippen molar-refractivity contribution in [2.24, 2.45) is 0 Å². The quantitative estimate of drug-likeness (QED) is 0.547. The van der Waals surface area contributed by atoms with Gasteiger partial charge in [-0.1, -0.05) is 0 Å². The Bertz CT molecular complexity index is 295. The zero-order valence-electron chi connectivity index (χ0n) is 9.63. The molecular formula is C11H14N6. The predicted octanol–water partition coefficient (Wildman–Crippen LogP) is 0.0748. The van der Waals surface area contributed by atoms with Gasteiger partial charge in [0.1, 0.15) is 0 Å². The van der Waals surface area contributed by atoms with Crippen molar-refractivity contribution in [2.75, 3.05) is 39.3 Å². The molecule has 0 aliphatic carbocycles. The molecule has 0 amide bonds. The molecular weight excluding hydrogens is 216 g/mol. The van der Waals surface area contributed by atoms with E-state index < -0.39 is 0 Å². The van der Waals surface area contributed by atoms with Gasteiger partial charge in [0.25, 0.3) is 0 Å². The van der Waals surface area contributed by atoms with Gasteiger partial charge in [-0.05, 0) is 6.42 Å². The van der Waals surface area contributed by atoms with E-state index in [2.05, 4.69) is 0 Å². The molecule has 0 bridgehead atoms. The molecule has 0 rings (SSSR count). The van der Waals surface area contributed by atoms with Crippen LogP contribution in [-0.4, -0.2) is 49.1 Å². The molecule has 6 nitrogen and oxygen atoms in total. The third-order valence-electron chi connectivity index (χ3n) is 2.13. The van der Waals surface area contributed by atoms with Crippen LogP contribution >= 0.6 is 0 Å². The molecule has 17 heavy (non-hydrogen) atoms. The molecule has 0 aromatic carbocycles. The smallest absolute Gasteiger partial charge is 0.0874 e. The van der Waals surface area contributed by atoms with Crippen LogP contribution in [0.2, 0.25) is 0 Å². The van der Waals surface area contributed by atoms with Gasteiger partial charge in [0.05, 0.1) is 50.5 Å². The lowest BCUT2D eigenvalue weighted by Crippen LogP contribution is -2.31. The summed E-state index contributed by atoms with van der Waals surface area (Å²) in [6.07, 6.45) is 0.729. The van der Waals surface area contributed by atoms with E-state index in [0.717, 1.165) is 6.42 Å². The van der Waals surface area contributed by atoms with E-state index in [1.807, 2.05) is 24.3 Å². The van der Waals surface area contributed by atoms with Crippen LogP contribution in [0.25, 0.3) is 0 Å². The molecule has 88 valence electrons. The third-order valence-corrected chi connectivity index (χ3v) is 2.13. The van der Waals surface area contributed by atoms with Crippen molar-refractivity contribution in [1.82, 2.24) is 9.80 Å². The lowest BCUT2D eigenvalue weighted by Gasteiger charge is -2.18. The first kappa shape index (κ1) is 14.9. The van der Waals surface area contributed by atoms with Crippen molar-refractivity contribution in [3.8, 4) is 24.3 Å². The van der Waals surface area contributed by atoms with Crippen molar-refractivity contribution in [1.29, 1.82) is 21.0 Å². The van der Waals surface area contributed by atoms with Gasteiger partial charge in [-0.25, -0.2) is 0 Å². The van der Waals surface area contributed by atoms with E-state index in [1.54, 1.807) is 9.80 Å². The first-order valence-corrected chi connectivity index (χ1v) is 5.21. The molecule has 0 N–H and O–H groups in total. The minimum Gasteiger partial charge on any atom is -0.277 e. The summed E-state index contributed by atoms with van der Waals surface area (Å²) in [4.78, 5) is 3.47. The highest BCUT2D eigenvalue weighted by atomic mass is 15.1. The molecule has 0 aromatic heterocycles. The van der Waals surface area contributed by atoms with Crippen LogP contribution in [0.3, 0.4) is 0 Å². The number of nitriles is 4. The maximum absolute atomic E-state index is 8.54. The summed E-state index contributed by atoms with van der Waals surface area (Å²) in [5.41, 5.74) is 0. The molecule has 0 saturated heterocycles. The van der Waals surface area contributed by atoms with E-state index in [-0.39, 0.29) is 26.2 Å². The van der Waals surface area contributed by atoms with Crippen LogP contribution in [0, 0.1) is 45.3 Å². The van der Waals surface area contributed by atoms with Gasteiger partial charge in [0.2, 0.25) is 0 Å². The van der Waals surface area contributed by atoms with Crippen molar-refractivity contribution in [3.05, 3.63) is 0 Å². The van der Waals surface area contributed by atoms with Crippen molar-refractivity contribution in [3.63, 3.8) is 0 Å². The molecule has 0 fully saturated rings. The molecule has 0 saturated carbocycles. The van der Waals surface area contributed by atoms with E-state index >= 15 is 0 Å². The topological polar surface area (TPSA) is 102 Å². The summed E-state index contributed by atoms with van der Waals surface area (Å²) >= 11 is 0. The van der Waals surface area contributed by atoms with Crippen LogP contribution in [0.15, 0.2) is 0 Å². The second kappa shape index (κ2) is 10.4. The van der Waals surface area contributed by atoms with Gasteiger partial charge in [0.15, 0.2) is 0 Å². The minimum atomic E-state index is 0.226. The monoisotopic (exact) mass is 230 g/mol. The number of hydrogen-bond acceptors (Lipinski definition) is 6. The molecule has 0 spiro atoms. The molecule has 0 radical (unpaired) electrons. The summed E-state index contributed by atoms with van der Waals surface area (Å²) in [6, 6.07) is 7.99. The fourth-order valence-corrected chi connectivity index (χ4v) is 1.35. The van der Waals surface area contributed by atoms with E-state index in [1.165, 1.54) is 0 Å². The first-order chi connectivity index (χ1) is 8.28. The van der Waals surface area contributed by atoms with Gasteiger partial charge < -0.3 is 0 Å². The zero-order valence-corrected chi connectivity index (χ0v) is 9.63. The summed E-state index contributed by atoms with van der Waals surface area (Å²) in [5, 5.41) is 34.2. The highest BCUT2D eigenvalue weighted by Crippen LogP contribution is 1.94. The molecule has 0 heterocycles. The van der Waals surface area contributed by atoms with Gasteiger partial charge in [0, 0.05) is 13.1 Å². The molecule has 0 aromatic rings. The maximum atomic E-state index is 8.54. The summed E-state index contributed by atoms with van der Waals surface area (Å²) in [7, 11) is 0. The summed E-state index contributed by atoms with van der Waals surface area (Å²) in [5.74, 6) is 0. The SMILES string of the molecule is N#CCN(CC#N)CCCN(CC#N)CC#N. The average molecular weight is 230 g/mol. The van der Waals surface area contributed by atoms with Crippen LogP contribution < -0.4 is 0 Å². The van der Waals surface area contributed by atoms with Crippen LogP contribution in [0.5, 0.6) is 0 Å². The van der Waals surface area contributed by atoms with Crippen LogP contribution in [0.1, 0.15) is 6.42 Å². The average Bonchev–Trinajstić information content (AvgIpc) is 2.30. The second-order valence-corrected chi connectivity index (χ2v) is 3.41. The van der Waals surface area contributed by atoms with E-state index in [9.17, 15) is 0 Å². The second-order valence-electron chi connectivity index (χ2n) is 3.41. The van der Waals surface area contributed by atoms with E-state index in [0.29, 0.717) is 13.1 Å². The lowest BCUT2D eigenvalue weighted by atomic mass is 10.3. The normalized spacial score (nSPS) is 9.29. The first-order valence-electron chi connectivity index (χ1n) is 5.21. The van der Waals surface area contributed by atoms with Gasteiger partial charge in [-0.2, -0.15) is 21.0 Å². The Morgan fingerprint density at radius 1 is 0.588 bits per heavy atom. The number of nitrogens with zero attached hydrogens (tertiary/aromatic N) is 6. The molecule has 0 unspecified atom stereocenters. The highest BCUT2D eigenvalue weighted by molar-refractivity contribution is 4.85. The van der Waals surface area contributed by atoms with Gasteiger partial charge in [-0.15, -0.1) is 0 Å². The molecule has 6 heteroatoms.